The van der Waals surface area contributed by atoms with E-state index in [1.165, 1.54) is 12.8 Å². The number of nitrogens with one attached hydrogen (secondary N) is 1. The first-order chi connectivity index (χ1) is 13.3. The molecule has 1 aromatic carbocycles. The number of benzene rings is 1. The van der Waals surface area contributed by atoms with E-state index in [9.17, 15) is 4.79 Å². The van der Waals surface area contributed by atoms with Gasteiger partial charge < -0.3 is 5.32 Å². The molecule has 3 aromatic rings. The third kappa shape index (κ3) is 3.45. The molecule has 5 rings (SSSR count). The molecule has 2 aliphatic rings. The SMILES string of the molecule is O=C(NCC1CC1)[C@H]1CN(Cc2ccc3ccccc3n2)Cc2ccnn21. The third-order valence-corrected chi connectivity index (χ3v) is 5.47. The van der Waals surface area contributed by atoms with Gasteiger partial charge in [0.25, 0.3) is 0 Å². The minimum absolute atomic E-state index is 0.0722. The Morgan fingerprint density at radius 1 is 1.15 bits per heavy atom. The van der Waals surface area contributed by atoms with E-state index in [2.05, 4.69) is 33.5 Å². The molecule has 1 aliphatic heterocycles. The van der Waals surface area contributed by atoms with Crippen LogP contribution in [0.4, 0.5) is 0 Å². The van der Waals surface area contributed by atoms with E-state index in [1.807, 2.05) is 28.9 Å². The number of pyridine rings is 1. The molecule has 0 saturated heterocycles. The first-order valence-corrected chi connectivity index (χ1v) is 9.63. The van der Waals surface area contributed by atoms with Crippen LogP contribution in [0.2, 0.25) is 0 Å². The Bertz CT molecular complexity index is 977. The molecule has 1 amide bonds. The highest BCUT2D eigenvalue weighted by Crippen LogP contribution is 2.28. The van der Waals surface area contributed by atoms with Gasteiger partial charge in [0, 0.05) is 37.8 Å². The zero-order chi connectivity index (χ0) is 18.2. The Labute approximate surface area is 158 Å². The number of aromatic nitrogens is 3. The summed E-state index contributed by atoms with van der Waals surface area (Å²) in [6, 6.07) is 14.1. The molecule has 0 bridgehead atoms. The number of hydrogen-bond acceptors (Lipinski definition) is 4. The van der Waals surface area contributed by atoms with Crippen molar-refractivity contribution in [1.82, 2.24) is 25.0 Å². The van der Waals surface area contributed by atoms with Crippen LogP contribution in [-0.2, 0) is 17.9 Å². The zero-order valence-corrected chi connectivity index (χ0v) is 15.2. The summed E-state index contributed by atoms with van der Waals surface area (Å²) >= 11 is 0. The zero-order valence-electron chi connectivity index (χ0n) is 15.2. The molecule has 1 fully saturated rings. The predicted octanol–water partition coefficient (Wildman–Crippen LogP) is 2.51. The minimum Gasteiger partial charge on any atom is -0.354 e. The molecule has 138 valence electrons. The molecule has 1 N–H and O–H groups in total. The Morgan fingerprint density at radius 2 is 2.04 bits per heavy atom. The molecule has 6 heteroatoms. The van der Waals surface area contributed by atoms with Crippen LogP contribution in [-0.4, -0.2) is 38.7 Å². The lowest BCUT2D eigenvalue weighted by atomic mass is 10.1. The largest absolute Gasteiger partial charge is 0.354 e. The van der Waals surface area contributed by atoms with E-state index in [-0.39, 0.29) is 11.9 Å². The summed E-state index contributed by atoms with van der Waals surface area (Å²) in [6.07, 6.45) is 4.25. The average molecular weight is 361 g/mol. The Hall–Kier alpha value is -2.73. The number of nitrogens with zero attached hydrogens (tertiary/aromatic N) is 4. The van der Waals surface area contributed by atoms with Gasteiger partial charge in [0.15, 0.2) is 0 Å². The van der Waals surface area contributed by atoms with Gasteiger partial charge in [0.1, 0.15) is 6.04 Å². The highest BCUT2D eigenvalue weighted by Gasteiger charge is 2.32. The molecular weight excluding hydrogens is 338 g/mol. The number of carbonyl (C=O) groups excluding carboxylic acids is 1. The van der Waals surface area contributed by atoms with Gasteiger partial charge in [-0.25, -0.2) is 0 Å². The minimum atomic E-state index is -0.275. The maximum absolute atomic E-state index is 12.7. The highest BCUT2D eigenvalue weighted by molar-refractivity contribution is 5.81. The fraction of sp³-hybridized carbons (Fsp3) is 0.381. The van der Waals surface area contributed by atoms with Crippen LogP contribution < -0.4 is 5.32 Å². The van der Waals surface area contributed by atoms with E-state index in [0.29, 0.717) is 12.5 Å². The van der Waals surface area contributed by atoms with Crippen LogP contribution in [0.3, 0.4) is 0 Å². The van der Waals surface area contributed by atoms with E-state index in [0.717, 1.165) is 41.9 Å². The average Bonchev–Trinajstić information content (AvgIpc) is 3.41. The van der Waals surface area contributed by atoms with Crippen molar-refractivity contribution in [2.24, 2.45) is 5.92 Å². The first kappa shape index (κ1) is 16.4. The van der Waals surface area contributed by atoms with Gasteiger partial charge in [0.2, 0.25) is 5.91 Å². The summed E-state index contributed by atoms with van der Waals surface area (Å²) < 4.78 is 1.88. The molecule has 27 heavy (non-hydrogen) atoms. The number of fused-ring (bicyclic) bond motifs is 2. The lowest BCUT2D eigenvalue weighted by Crippen LogP contribution is -2.45. The topological polar surface area (TPSA) is 63.1 Å². The van der Waals surface area contributed by atoms with E-state index < -0.39 is 0 Å². The molecule has 0 spiro atoms. The summed E-state index contributed by atoms with van der Waals surface area (Å²) in [5.41, 5.74) is 3.11. The second-order valence-corrected chi connectivity index (χ2v) is 7.64. The quantitative estimate of drug-likeness (QED) is 0.758. The Morgan fingerprint density at radius 3 is 2.93 bits per heavy atom. The summed E-state index contributed by atoms with van der Waals surface area (Å²) in [4.78, 5) is 19.8. The summed E-state index contributed by atoms with van der Waals surface area (Å²) in [7, 11) is 0. The van der Waals surface area contributed by atoms with E-state index in [4.69, 9.17) is 4.98 Å². The fourth-order valence-electron chi connectivity index (χ4n) is 3.79. The molecule has 1 aliphatic carbocycles. The van der Waals surface area contributed by atoms with Crippen LogP contribution in [0, 0.1) is 5.92 Å². The number of hydrogen-bond donors (Lipinski definition) is 1. The lowest BCUT2D eigenvalue weighted by Gasteiger charge is -2.33. The lowest BCUT2D eigenvalue weighted by molar-refractivity contribution is -0.126. The van der Waals surface area contributed by atoms with Crippen LogP contribution >= 0.6 is 0 Å². The summed E-state index contributed by atoms with van der Waals surface area (Å²) in [6.45, 7) is 2.95. The highest BCUT2D eigenvalue weighted by atomic mass is 16.2. The summed E-state index contributed by atoms with van der Waals surface area (Å²) in [5.74, 6) is 0.746. The van der Waals surface area contributed by atoms with Gasteiger partial charge in [-0.05, 0) is 37.0 Å². The molecule has 1 atom stereocenters. The number of para-hydroxylation sites is 1. The Kier molecular flexibility index (Phi) is 4.13. The molecule has 2 aromatic heterocycles. The second-order valence-electron chi connectivity index (χ2n) is 7.64. The van der Waals surface area contributed by atoms with Crippen LogP contribution in [0.5, 0.6) is 0 Å². The summed E-state index contributed by atoms with van der Waals surface area (Å²) in [5, 5.41) is 8.66. The van der Waals surface area contributed by atoms with Crippen molar-refractivity contribution >= 4 is 16.8 Å². The van der Waals surface area contributed by atoms with Crippen molar-refractivity contribution in [1.29, 1.82) is 0 Å². The fourth-order valence-corrected chi connectivity index (χ4v) is 3.79. The van der Waals surface area contributed by atoms with Crippen molar-refractivity contribution < 1.29 is 4.79 Å². The van der Waals surface area contributed by atoms with Crippen LogP contribution in [0.15, 0.2) is 48.7 Å². The smallest absolute Gasteiger partial charge is 0.246 e. The molecule has 6 nitrogen and oxygen atoms in total. The van der Waals surface area contributed by atoms with Gasteiger partial charge >= 0.3 is 0 Å². The Balaban J connectivity index is 1.34. The molecular formula is C21H23N5O. The van der Waals surface area contributed by atoms with Crippen molar-refractivity contribution in [3.8, 4) is 0 Å². The van der Waals surface area contributed by atoms with Gasteiger partial charge in [-0.15, -0.1) is 0 Å². The molecule has 3 heterocycles. The van der Waals surface area contributed by atoms with Gasteiger partial charge in [-0.2, -0.15) is 5.10 Å². The van der Waals surface area contributed by atoms with Crippen molar-refractivity contribution in [3.05, 3.63) is 60.0 Å². The number of rotatable bonds is 5. The normalized spacial score (nSPS) is 19.8. The van der Waals surface area contributed by atoms with Crippen molar-refractivity contribution in [2.45, 2.75) is 32.0 Å². The molecule has 0 radical (unpaired) electrons. The van der Waals surface area contributed by atoms with Gasteiger partial charge in [-0.3, -0.25) is 19.4 Å². The number of amides is 1. The molecule has 1 saturated carbocycles. The van der Waals surface area contributed by atoms with E-state index >= 15 is 0 Å². The molecule has 0 unspecified atom stereocenters. The van der Waals surface area contributed by atoms with Gasteiger partial charge in [0.05, 0.1) is 16.9 Å². The van der Waals surface area contributed by atoms with Crippen molar-refractivity contribution in [3.63, 3.8) is 0 Å². The number of carbonyl (C=O) groups is 1. The third-order valence-electron chi connectivity index (χ3n) is 5.47. The van der Waals surface area contributed by atoms with Gasteiger partial charge in [-0.1, -0.05) is 24.3 Å². The van der Waals surface area contributed by atoms with Crippen molar-refractivity contribution in [2.75, 3.05) is 13.1 Å². The maximum Gasteiger partial charge on any atom is 0.246 e. The monoisotopic (exact) mass is 361 g/mol. The van der Waals surface area contributed by atoms with Crippen LogP contribution in [0.1, 0.15) is 30.3 Å². The van der Waals surface area contributed by atoms with E-state index in [1.54, 1.807) is 6.20 Å². The maximum atomic E-state index is 12.7. The predicted molar refractivity (Wildman–Crippen MR) is 103 cm³/mol. The standard InChI is InChI=1S/C21H23N5O/c27-21(22-11-15-5-6-15)20-14-25(13-18-9-10-23-26(18)20)12-17-8-7-16-3-1-2-4-19(16)24-17/h1-4,7-10,15,20H,5-6,11-14H2,(H,22,27)/t20-/m1/s1. The first-order valence-electron chi connectivity index (χ1n) is 9.63. The second kappa shape index (κ2) is 6.78. The van der Waals surface area contributed by atoms with Crippen LogP contribution in [0.25, 0.3) is 10.9 Å².